The van der Waals surface area contributed by atoms with E-state index >= 15 is 0 Å². The summed E-state index contributed by atoms with van der Waals surface area (Å²) in [6.45, 7) is 3.33. The number of para-hydroxylation sites is 1. The Kier molecular flexibility index (Phi) is 5.25. The standard InChI is InChI=1S/C23H19ClN4O2/c1-14-25-21-12-16(8-11-22(21)28(14)18-6-4-3-5-7-18)23(30)27-20-13-17(24)9-10-19(20)26-15(2)29/h3-13H,1-2H3,(H,26,29)(H,27,30). The van der Waals surface area contributed by atoms with Gasteiger partial charge in [-0.25, -0.2) is 4.98 Å². The molecule has 0 bridgehead atoms. The molecule has 0 spiro atoms. The number of amides is 2. The minimum absolute atomic E-state index is 0.240. The van der Waals surface area contributed by atoms with Crippen LogP contribution in [0.3, 0.4) is 0 Å². The second kappa shape index (κ2) is 8.00. The Morgan fingerprint density at radius 1 is 0.933 bits per heavy atom. The number of hydrogen-bond acceptors (Lipinski definition) is 3. The summed E-state index contributed by atoms with van der Waals surface area (Å²) in [5.74, 6) is 0.269. The molecule has 30 heavy (non-hydrogen) atoms. The van der Waals surface area contributed by atoms with Crippen LogP contribution in [-0.4, -0.2) is 21.4 Å². The van der Waals surface area contributed by atoms with Crippen LogP contribution in [0.2, 0.25) is 5.02 Å². The number of carbonyl (C=O) groups is 2. The lowest BCUT2D eigenvalue weighted by Crippen LogP contribution is -2.15. The lowest BCUT2D eigenvalue weighted by Gasteiger charge is -2.12. The zero-order valence-electron chi connectivity index (χ0n) is 16.4. The lowest BCUT2D eigenvalue weighted by molar-refractivity contribution is -0.114. The van der Waals surface area contributed by atoms with Crippen molar-refractivity contribution in [3.8, 4) is 5.69 Å². The summed E-state index contributed by atoms with van der Waals surface area (Å²) >= 11 is 6.06. The Balaban J connectivity index is 1.67. The molecule has 150 valence electrons. The van der Waals surface area contributed by atoms with Crippen molar-refractivity contribution in [3.05, 3.63) is 83.1 Å². The van der Waals surface area contributed by atoms with Crippen molar-refractivity contribution >= 4 is 45.8 Å². The number of anilines is 2. The van der Waals surface area contributed by atoms with Gasteiger partial charge in [-0.05, 0) is 55.5 Å². The molecule has 0 atom stereocenters. The highest BCUT2D eigenvalue weighted by molar-refractivity contribution is 6.31. The fourth-order valence-corrected chi connectivity index (χ4v) is 3.53. The van der Waals surface area contributed by atoms with Gasteiger partial charge in [-0.1, -0.05) is 29.8 Å². The summed E-state index contributed by atoms with van der Waals surface area (Å²) in [4.78, 5) is 28.9. The first-order valence-corrected chi connectivity index (χ1v) is 9.73. The number of nitrogens with zero attached hydrogens (tertiary/aromatic N) is 2. The topological polar surface area (TPSA) is 76.0 Å². The fraction of sp³-hybridized carbons (Fsp3) is 0.0870. The largest absolute Gasteiger partial charge is 0.325 e. The number of halogens is 1. The molecule has 2 amide bonds. The Bertz CT molecular complexity index is 1270. The molecule has 2 N–H and O–H groups in total. The van der Waals surface area contributed by atoms with E-state index in [1.54, 1.807) is 30.3 Å². The first-order valence-electron chi connectivity index (χ1n) is 9.35. The number of aromatic nitrogens is 2. The van der Waals surface area contributed by atoms with E-state index in [9.17, 15) is 9.59 Å². The molecule has 7 heteroatoms. The van der Waals surface area contributed by atoms with E-state index in [-0.39, 0.29) is 11.8 Å². The van der Waals surface area contributed by atoms with Gasteiger partial charge in [-0.2, -0.15) is 0 Å². The average molecular weight is 419 g/mol. The van der Waals surface area contributed by atoms with E-state index < -0.39 is 0 Å². The Labute approximate surface area is 178 Å². The first kappa shape index (κ1) is 19.7. The molecular formula is C23H19ClN4O2. The molecule has 0 saturated heterocycles. The van der Waals surface area contributed by atoms with Gasteiger partial charge in [-0.3, -0.25) is 14.2 Å². The summed E-state index contributed by atoms with van der Waals surface area (Å²) in [5, 5.41) is 5.96. The van der Waals surface area contributed by atoms with Gasteiger partial charge in [0.2, 0.25) is 5.91 Å². The van der Waals surface area contributed by atoms with Crippen LogP contribution >= 0.6 is 11.6 Å². The molecular weight excluding hydrogens is 400 g/mol. The highest BCUT2D eigenvalue weighted by Crippen LogP contribution is 2.27. The minimum Gasteiger partial charge on any atom is -0.325 e. The average Bonchev–Trinajstić information content (AvgIpc) is 3.05. The third kappa shape index (κ3) is 3.90. The van der Waals surface area contributed by atoms with Gasteiger partial charge in [0.15, 0.2) is 0 Å². The number of rotatable bonds is 4. The highest BCUT2D eigenvalue weighted by Gasteiger charge is 2.14. The van der Waals surface area contributed by atoms with Crippen LogP contribution in [0.1, 0.15) is 23.1 Å². The number of hydrogen-bond donors (Lipinski definition) is 2. The summed E-state index contributed by atoms with van der Waals surface area (Å²) in [6, 6.07) is 20.2. The molecule has 1 heterocycles. The lowest BCUT2D eigenvalue weighted by atomic mass is 10.1. The summed E-state index contributed by atoms with van der Waals surface area (Å²) in [7, 11) is 0. The number of carbonyl (C=O) groups excluding carboxylic acids is 2. The monoisotopic (exact) mass is 418 g/mol. The number of aryl methyl sites for hydroxylation is 1. The third-order valence-corrected chi connectivity index (χ3v) is 4.87. The molecule has 0 aliphatic rings. The predicted octanol–water partition coefficient (Wildman–Crippen LogP) is 5.20. The van der Waals surface area contributed by atoms with E-state index in [0.717, 1.165) is 22.5 Å². The van der Waals surface area contributed by atoms with Gasteiger partial charge in [0.25, 0.3) is 5.91 Å². The Morgan fingerprint density at radius 2 is 1.70 bits per heavy atom. The van der Waals surface area contributed by atoms with Crippen molar-refractivity contribution in [2.45, 2.75) is 13.8 Å². The van der Waals surface area contributed by atoms with Crippen LogP contribution in [-0.2, 0) is 4.79 Å². The zero-order chi connectivity index (χ0) is 21.3. The van der Waals surface area contributed by atoms with Crippen LogP contribution in [0.15, 0.2) is 66.7 Å². The van der Waals surface area contributed by atoms with Gasteiger partial charge < -0.3 is 10.6 Å². The van der Waals surface area contributed by atoms with Crippen molar-refractivity contribution in [3.63, 3.8) is 0 Å². The summed E-state index contributed by atoms with van der Waals surface area (Å²) in [5.41, 5.74) is 4.00. The van der Waals surface area contributed by atoms with Gasteiger partial charge in [0, 0.05) is 23.2 Å². The van der Waals surface area contributed by atoms with E-state index in [0.29, 0.717) is 22.0 Å². The van der Waals surface area contributed by atoms with E-state index in [1.807, 2.05) is 47.9 Å². The minimum atomic E-state index is -0.322. The molecule has 0 aliphatic carbocycles. The smallest absolute Gasteiger partial charge is 0.255 e. The number of nitrogens with one attached hydrogen (secondary N) is 2. The van der Waals surface area contributed by atoms with Gasteiger partial charge in [0.05, 0.1) is 22.4 Å². The predicted molar refractivity (Wildman–Crippen MR) is 120 cm³/mol. The van der Waals surface area contributed by atoms with Crippen molar-refractivity contribution in [1.29, 1.82) is 0 Å². The maximum absolute atomic E-state index is 12.9. The highest BCUT2D eigenvalue weighted by atomic mass is 35.5. The molecule has 0 unspecified atom stereocenters. The van der Waals surface area contributed by atoms with E-state index in [4.69, 9.17) is 11.6 Å². The second-order valence-electron chi connectivity index (χ2n) is 6.86. The summed E-state index contributed by atoms with van der Waals surface area (Å²) < 4.78 is 2.04. The molecule has 6 nitrogen and oxygen atoms in total. The van der Waals surface area contributed by atoms with Crippen molar-refractivity contribution in [1.82, 2.24) is 9.55 Å². The van der Waals surface area contributed by atoms with Crippen LogP contribution < -0.4 is 10.6 Å². The zero-order valence-corrected chi connectivity index (χ0v) is 17.2. The quantitative estimate of drug-likeness (QED) is 0.478. The SMILES string of the molecule is CC(=O)Nc1ccc(Cl)cc1NC(=O)c1ccc2c(c1)nc(C)n2-c1ccccc1. The Morgan fingerprint density at radius 3 is 2.43 bits per heavy atom. The van der Waals surface area contributed by atoms with Crippen molar-refractivity contribution < 1.29 is 9.59 Å². The van der Waals surface area contributed by atoms with Crippen LogP contribution in [0.25, 0.3) is 16.7 Å². The molecule has 0 aliphatic heterocycles. The third-order valence-electron chi connectivity index (χ3n) is 4.64. The number of fused-ring (bicyclic) bond motifs is 1. The maximum Gasteiger partial charge on any atom is 0.255 e. The van der Waals surface area contributed by atoms with E-state index in [1.165, 1.54) is 6.92 Å². The fourth-order valence-electron chi connectivity index (χ4n) is 3.36. The molecule has 0 radical (unpaired) electrons. The normalized spacial score (nSPS) is 10.8. The van der Waals surface area contributed by atoms with Crippen LogP contribution in [0, 0.1) is 6.92 Å². The summed E-state index contributed by atoms with van der Waals surface area (Å²) in [6.07, 6.45) is 0. The first-order chi connectivity index (χ1) is 14.4. The maximum atomic E-state index is 12.9. The van der Waals surface area contributed by atoms with Crippen LogP contribution in [0.4, 0.5) is 11.4 Å². The molecule has 3 aromatic carbocycles. The molecule has 0 saturated carbocycles. The van der Waals surface area contributed by atoms with Gasteiger partial charge in [0.1, 0.15) is 5.82 Å². The van der Waals surface area contributed by atoms with Gasteiger partial charge in [-0.15, -0.1) is 0 Å². The van der Waals surface area contributed by atoms with Crippen molar-refractivity contribution in [2.75, 3.05) is 10.6 Å². The Hall–Kier alpha value is -3.64. The van der Waals surface area contributed by atoms with Crippen molar-refractivity contribution in [2.24, 2.45) is 0 Å². The molecule has 4 rings (SSSR count). The molecule has 1 aromatic heterocycles. The van der Waals surface area contributed by atoms with Crippen LogP contribution in [0.5, 0.6) is 0 Å². The molecule has 4 aromatic rings. The van der Waals surface area contributed by atoms with E-state index in [2.05, 4.69) is 15.6 Å². The molecule has 0 fully saturated rings. The number of benzene rings is 3. The van der Waals surface area contributed by atoms with Gasteiger partial charge >= 0.3 is 0 Å². The number of imidazole rings is 1. The second-order valence-corrected chi connectivity index (χ2v) is 7.30.